The number of amides is 3. The van der Waals surface area contributed by atoms with Gasteiger partial charge in [0.15, 0.2) is 18.1 Å². The Morgan fingerprint density at radius 1 is 1.04 bits per heavy atom. The smallest absolute Gasteiger partial charge is 0.338 e. The number of carbonyl (C=O) groups is 3. The summed E-state index contributed by atoms with van der Waals surface area (Å²) in [7, 11) is 1.42. The second-order valence-electron chi connectivity index (χ2n) is 9.61. The zero-order valence-corrected chi connectivity index (χ0v) is 28.6. The van der Waals surface area contributed by atoms with E-state index < -0.39 is 30.6 Å². The highest BCUT2D eigenvalue weighted by Gasteiger charge is 2.32. The maximum absolute atomic E-state index is 12.6. The summed E-state index contributed by atoms with van der Waals surface area (Å²) in [5.41, 5.74) is 4.77. The summed E-state index contributed by atoms with van der Waals surface area (Å²) >= 11 is 21.9. The second-order valence-corrected chi connectivity index (χ2v) is 11.7. The summed E-state index contributed by atoms with van der Waals surface area (Å²) < 4.78 is 22.9. The molecule has 0 saturated heterocycles. The van der Waals surface area contributed by atoms with E-state index in [1.807, 2.05) is 0 Å². The fourth-order valence-corrected chi connectivity index (χ4v) is 5.78. The Morgan fingerprint density at radius 3 is 2.54 bits per heavy atom. The lowest BCUT2D eigenvalue weighted by atomic mass is 9.95. The highest BCUT2D eigenvalue weighted by atomic mass is 79.9. The molecule has 1 atom stereocenters. The fraction of sp³-hybridized carbons (Fsp3) is 0.226. The SMILES string of the molecule is CCOC(=O)C1=C(C)NC(=O)N[C@@H]1c1ccc(OCC(=O)N/N=C/c2cc(Cl)cc(Br)c2OCc2ccc(Cl)cc2Cl)c(OC)c1. The molecule has 1 aliphatic rings. The number of hydrogen-bond donors (Lipinski definition) is 3. The van der Waals surface area contributed by atoms with Crippen molar-refractivity contribution in [3.63, 3.8) is 0 Å². The van der Waals surface area contributed by atoms with Gasteiger partial charge in [-0.1, -0.05) is 46.9 Å². The number of carbonyl (C=O) groups excluding carboxylic acids is 3. The number of rotatable bonds is 12. The fourth-order valence-electron chi connectivity index (χ4n) is 4.37. The maximum atomic E-state index is 12.6. The number of hydrogen-bond acceptors (Lipinski definition) is 8. The standard InChI is InChI=1S/C31H28BrCl3N4O7/c1-4-44-30(41)27-16(2)37-31(42)38-28(27)17-6-8-24(25(10-17)43-3)45-15-26(40)39-36-13-19-9-21(34)11-22(32)29(19)46-14-18-5-7-20(33)12-23(18)35/h5-13,28H,4,14-15H2,1-3H3,(H,39,40)(H2,37,38,42)/b36-13+/t28-/m1/s1. The number of halogens is 4. The van der Waals surface area contributed by atoms with E-state index in [0.717, 1.165) is 5.56 Å². The van der Waals surface area contributed by atoms with Crippen LogP contribution < -0.4 is 30.3 Å². The predicted octanol–water partition coefficient (Wildman–Crippen LogP) is 6.72. The second kappa shape index (κ2) is 16.0. The Morgan fingerprint density at radius 2 is 1.83 bits per heavy atom. The average molecular weight is 755 g/mol. The number of esters is 1. The van der Waals surface area contributed by atoms with Crippen LogP contribution >= 0.6 is 50.7 Å². The summed E-state index contributed by atoms with van der Waals surface area (Å²) in [6.45, 7) is 3.22. The highest BCUT2D eigenvalue weighted by Crippen LogP contribution is 2.35. The molecule has 0 radical (unpaired) electrons. The quantitative estimate of drug-likeness (QED) is 0.106. The van der Waals surface area contributed by atoms with Crippen molar-refractivity contribution in [2.24, 2.45) is 5.10 Å². The van der Waals surface area contributed by atoms with Gasteiger partial charge in [-0.2, -0.15) is 5.10 Å². The minimum atomic E-state index is -0.794. The molecule has 3 amide bonds. The van der Waals surface area contributed by atoms with Crippen LogP contribution in [0.5, 0.6) is 17.2 Å². The number of ether oxygens (including phenoxy) is 4. The molecular weight excluding hydrogens is 727 g/mol. The first-order chi connectivity index (χ1) is 22.0. The van der Waals surface area contributed by atoms with E-state index in [2.05, 4.69) is 37.1 Å². The van der Waals surface area contributed by atoms with Crippen LogP contribution in [0, 0.1) is 0 Å². The molecule has 3 N–H and O–H groups in total. The predicted molar refractivity (Wildman–Crippen MR) is 178 cm³/mol. The third-order valence-electron chi connectivity index (χ3n) is 6.46. The van der Waals surface area contributed by atoms with Crippen LogP contribution in [0.4, 0.5) is 4.79 Å². The number of urea groups is 1. The van der Waals surface area contributed by atoms with E-state index in [1.165, 1.54) is 13.3 Å². The number of nitrogens with zero attached hydrogens (tertiary/aromatic N) is 1. The summed E-state index contributed by atoms with van der Waals surface area (Å²) in [5, 5.41) is 10.7. The van der Waals surface area contributed by atoms with Gasteiger partial charge in [-0.25, -0.2) is 15.0 Å². The van der Waals surface area contributed by atoms with E-state index in [-0.39, 0.29) is 30.3 Å². The van der Waals surface area contributed by atoms with Crippen molar-refractivity contribution >= 4 is 74.9 Å². The van der Waals surface area contributed by atoms with Crippen molar-refractivity contribution in [3.8, 4) is 17.2 Å². The first-order valence-corrected chi connectivity index (χ1v) is 15.6. The molecule has 3 aromatic rings. The van der Waals surface area contributed by atoms with Gasteiger partial charge in [-0.15, -0.1) is 0 Å². The molecule has 4 rings (SSSR count). The topological polar surface area (TPSA) is 137 Å². The Labute approximate surface area is 288 Å². The molecular formula is C31H28BrCl3N4O7. The van der Waals surface area contributed by atoms with Gasteiger partial charge in [0.25, 0.3) is 5.91 Å². The number of nitrogens with one attached hydrogen (secondary N) is 3. The largest absolute Gasteiger partial charge is 0.493 e. The minimum absolute atomic E-state index is 0.141. The number of methoxy groups -OCH3 is 1. The molecule has 1 aliphatic heterocycles. The molecule has 242 valence electrons. The normalized spacial score (nSPS) is 14.4. The van der Waals surface area contributed by atoms with Gasteiger partial charge < -0.3 is 29.6 Å². The first-order valence-electron chi connectivity index (χ1n) is 13.6. The van der Waals surface area contributed by atoms with Crippen molar-refractivity contribution in [1.82, 2.24) is 16.1 Å². The van der Waals surface area contributed by atoms with E-state index >= 15 is 0 Å². The van der Waals surface area contributed by atoms with Crippen molar-refractivity contribution in [1.29, 1.82) is 0 Å². The summed E-state index contributed by atoms with van der Waals surface area (Å²) in [6, 6.07) is 11.9. The summed E-state index contributed by atoms with van der Waals surface area (Å²) in [4.78, 5) is 37.4. The molecule has 0 spiro atoms. The van der Waals surface area contributed by atoms with Crippen LogP contribution in [-0.2, 0) is 20.9 Å². The van der Waals surface area contributed by atoms with Crippen LogP contribution in [-0.4, -0.2) is 44.4 Å². The molecule has 0 fully saturated rings. The first kappa shape index (κ1) is 34.9. The third-order valence-corrected chi connectivity index (χ3v) is 7.86. The van der Waals surface area contributed by atoms with Crippen molar-refractivity contribution in [2.75, 3.05) is 20.3 Å². The van der Waals surface area contributed by atoms with Crippen LogP contribution in [0.2, 0.25) is 15.1 Å². The Bertz CT molecular complexity index is 1720. The van der Waals surface area contributed by atoms with Crippen LogP contribution in [0.3, 0.4) is 0 Å². The Kier molecular flexibility index (Phi) is 12.2. The number of benzene rings is 3. The number of hydrazone groups is 1. The molecule has 15 heteroatoms. The molecule has 3 aromatic carbocycles. The van der Waals surface area contributed by atoms with Gasteiger partial charge in [0.2, 0.25) is 0 Å². The molecule has 0 aromatic heterocycles. The number of allylic oxidation sites excluding steroid dienone is 1. The van der Waals surface area contributed by atoms with E-state index in [0.29, 0.717) is 42.1 Å². The summed E-state index contributed by atoms with van der Waals surface area (Å²) in [6.07, 6.45) is 1.38. The zero-order valence-electron chi connectivity index (χ0n) is 24.7. The lowest BCUT2D eigenvalue weighted by molar-refractivity contribution is -0.139. The third kappa shape index (κ3) is 8.85. The molecule has 0 unspecified atom stereocenters. The summed E-state index contributed by atoms with van der Waals surface area (Å²) in [5.74, 6) is -0.180. The monoisotopic (exact) mass is 752 g/mol. The lowest BCUT2D eigenvalue weighted by Crippen LogP contribution is -2.45. The maximum Gasteiger partial charge on any atom is 0.338 e. The molecule has 0 bridgehead atoms. The van der Waals surface area contributed by atoms with Crippen molar-refractivity contribution in [3.05, 3.63) is 96.0 Å². The van der Waals surface area contributed by atoms with Gasteiger partial charge in [0, 0.05) is 31.9 Å². The molecule has 11 nitrogen and oxygen atoms in total. The van der Waals surface area contributed by atoms with Gasteiger partial charge in [0.05, 0.1) is 36.0 Å². The highest BCUT2D eigenvalue weighted by molar-refractivity contribution is 9.10. The average Bonchev–Trinajstić information content (AvgIpc) is 3.00. The Balaban J connectivity index is 1.42. The lowest BCUT2D eigenvalue weighted by Gasteiger charge is -2.28. The van der Waals surface area contributed by atoms with Crippen LogP contribution in [0.15, 0.2) is 69.4 Å². The van der Waals surface area contributed by atoms with E-state index in [1.54, 1.807) is 62.4 Å². The van der Waals surface area contributed by atoms with Crippen molar-refractivity contribution in [2.45, 2.75) is 26.5 Å². The van der Waals surface area contributed by atoms with Gasteiger partial charge in [0.1, 0.15) is 12.4 Å². The van der Waals surface area contributed by atoms with E-state index in [4.69, 9.17) is 53.8 Å². The molecule has 1 heterocycles. The van der Waals surface area contributed by atoms with Gasteiger partial charge in [-0.3, -0.25) is 4.79 Å². The molecule has 0 saturated carbocycles. The zero-order chi connectivity index (χ0) is 33.4. The van der Waals surface area contributed by atoms with Gasteiger partial charge >= 0.3 is 12.0 Å². The van der Waals surface area contributed by atoms with Gasteiger partial charge in [-0.05, 0) is 71.7 Å². The molecule has 46 heavy (non-hydrogen) atoms. The minimum Gasteiger partial charge on any atom is -0.493 e. The van der Waals surface area contributed by atoms with Crippen molar-refractivity contribution < 1.29 is 33.3 Å². The van der Waals surface area contributed by atoms with Crippen LogP contribution in [0.25, 0.3) is 0 Å². The van der Waals surface area contributed by atoms with Crippen LogP contribution in [0.1, 0.15) is 36.6 Å². The van der Waals surface area contributed by atoms with E-state index in [9.17, 15) is 14.4 Å². The molecule has 0 aliphatic carbocycles. The Hall–Kier alpha value is -3.97.